The van der Waals surface area contributed by atoms with E-state index in [1.807, 2.05) is 62.4 Å². The van der Waals surface area contributed by atoms with Crippen molar-refractivity contribution in [3.8, 4) is 5.75 Å². The van der Waals surface area contributed by atoms with E-state index < -0.39 is 0 Å². The highest BCUT2D eigenvalue weighted by molar-refractivity contribution is 9.10. The Labute approximate surface area is 145 Å². The van der Waals surface area contributed by atoms with Gasteiger partial charge in [-0.2, -0.15) is 0 Å². The number of anilines is 2. The van der Waals surface area contributed by atoms with Gasteiger partial charge in [0.25, 0.3) is 0 Å². The molecule has 0 aliphatic carbocycles. The molecule has 2 N–H and O–H groups in total. The molecule has 0 aliphatic rings. The average Bonchev–Trinajstić information content (AvgIpc) is 2.51. The summed E-state index contributed by atoms with van der Waals surface area (Å²) in [5.41, 5.74) is 1.68. The maximum absolute atomic E-state index is 12.1. The molecule has 0 aliphatic heterocycles. The molecule has 122 valence electrons. The van der Waals surface area contributed by atoms with Gasteiger partial charge in [0.1, 0.15) is 5.75 Å². The molecule has 0 radical (unpaired) electrons. The van der Waals surface area contributed by atoms with E-state index in [-0.39, 0.29) is 12.0 Å². The van der Waals surface area contributed by atoms with E-state index in [0.29, 0.717) is 24.4 Å². The highest BCUT2D eigenvalue weighted by atomic mass is 79.9. The number of hydrogen-bond donors (Lipinski definition) is 2. The number of para-hydroxylation sites is 3. The van der Waals surface area contributed by atoms with Gasteiger partial charge in [0, 0.05) is 23.1 Å². The lowest BCUT2D eigenvalue weighted by Gasteiger charge is -2.15. The quantitative estimate of drug-likeness (QED) is 0.737. The molecule has 0 saturated carbocycles. The Balaban J connectivity index is 1.87. The fourth-order valence-electron chi connectivity index (χ4n) is 2.05. The molecule has 2 aromatic carbocycles. The third-order valence-electron chi connectivity index (χ3n) is 3.07. The summed E-state index contributed by atoms with van der Waals surface area (Å²) >= 11 is 3.47. The lowest BCUT2D eigenvalue weighted by molar-refractivity contribution is -0.116. The number of hydrogen-bond acceptors (Lipinski definition) is 3. The Morgan fingerprint density at radius 1 is 1.09 bits per heavy atom. The first kappa shape index (κ1) is 17.3. The molecule has 0 unspecified atom stereocenters. The van der Waals surface area contributed by atoms with Crippen LogP contribution in [0, 0.1) is 0 Å². The predicted octanol–water partition coefficient (Wildman–Crippen LogP) is 4.68. The van der Waals surface area contributed by atoms with Crippen LogP contribution in [0.5, 0.6) is 5.75 Å². The molecule has 0 fully saturated rings. The first-order chi connectivity index (χ1) is 11.1. The van der Waals surface area contributed by atoms with Gasteiger partial charge in [-0.1, -0.05) is 24.3 Å². The third-order valence-corrected chi connectivity index (χ3v) is 3.76. The van der Waals surface area contributed by atoms with Gasteiger partial charge in [0.2, 0.25) is 5.91 Å². The number of halogens is 1. The molecular formula is C18H21BrN2O2. The van der Waals surface area contributed by atoms with Crippen molar-refractivity contribution < 1.29 is 9.53 Å². The molecule has 5 heteroatoms. The molecule has 0 heterocycles. The van der Waals surface area contributed by atoms with Gasteiger partial charge in [0.15, 0.2) is 0 Å². The fraction of sp³-hybridized carbons (Fsp3) is 0.278. The van der Waals surface area contributed by atoms with Crippen molar-refractivity contribution in [1.29, 1.82) is 0 Å². The highest BCUT2D eigenvalue weighted by Crippen LogP contribution is 2.25. The van der Waals surface area contributed by atoms with Crippen molar-refractivity contribution in [3.05, 3.63) is 53.0 Å². The second-order valence-electron chi connectivity index (χ2n) is 5.37. The number of amides is 1. The molecule has 0 aromatic heterocycles. The average molecular weight is 377 g/mol. The lowest BCUT2D eigenvalue weighted by Crippen LogP contribution is -2.17. The topological polar surface area (TPSA) is 50.4 Å². The normalized spacial score (nSPS) is 10.4. The Bertz CT molecular complexity index is 659. The van der Waals surface area contributed by atoms with Crippen LogP contribution in [0.25, 0.3) is 0 Å². The minimum Gasteiger partial charge on any atom is -0.489 e. The molecule has 0 bridgehead atoms. The summed E-state index contributed by atoms with van der Waals surface area (Å²) in [6.07, 6.45) is 0.433. The Morgan fingerprint density at radius 2 is 1.74 bits per heavy atom. The van der Waals surface area contributed by atoms with Crippen molar-refractivity contribution >= 4 is 33.2 Å². The maximum Gasteiger partial charge on any atom is 0.226 e. The second-order valence-corrected chi connectivity index (χ2v) is 6.22. The van der Waals surface area contributed by atoms with Gasteiger partial charge in [-0.05, 0) is 54.0 Å². The summed E-state index contributed by atoms with van der Waals surface area (Å²) in [6, 6.07) is 15.3. The molecule has 0 saturated heterocycles. The Hall–Kier alpha value is -2.01. The van der Waals surface area contributed by atoms with E-state index in [2.05, 4.69) is 26.6 Å². The van der Waals surface area contributed by atoms with Crippen LogP contribution in [0.4, 0.5) is 11.4 Å². The molecule has 0 spiro atoms. The summed E-state index contributed by atoms with van der Waals surface area (Å²) in [7, 11) is 0. The van der Waals surface area contributed by atoms with Crippen LogP contribution in [0.15, 0.2) is 53.0 Å². The van der Waals surface area contributed by atoms with Crippen molar-refractivity contribution in [3.63, 3.8) is 0 Å². The van der Waals surface area contributed by atoms with Gasteiger partial charge in [-0.3, -0.25) is 4.79 Å². The zero-order valence-corrected chi connectivity index (χ0v) is 14.9. The van der Waals surface area contributed by atoms with E-state index in [0.717, 1.165) is 10.2 Å². The van der Waals surface area contributed by atoms with Crippen LogP contribution >= 0.6 is 15.9 Å². The third kappa shape index (κ3) is 5.60. The van der Waals surface area contributed by atoms with Gasteiger partial charge in [-0.25, -0.2) is 0 Å². The van der Waals surface area contributed by atoms with E-state index in [1.54, 1.807) is 0 Å². The summed E-state index contributed by atoms with van der Waals surface area (Å²) in [4.78, 5) is 12.1. The molecule has 2 aromatic rings. The molecule has 4 nitrogen and oxygen atoms in total. The monoisotopic (exact) mass is 376 g/mol. The van der Waals surface area contributed by atoms with Crippen molar-refractivity contribution in [2.45, 2.75) is 26.4 Å². The SMILES string of the molecule is CC(C)Oc1ccccc1NC(=O)CCNc1ccccc1Br. The summed E-state index contributed by atoms with van der Waals surface area (Å²) in [5.74, 6) is 0.638. The highest BCUT2D eigenvalue weighted by Gasteiger charge is 2.08. The number of ether oxygens (including phenoxy) is 1. The summed E-state index contributed by atoms with van der Waals surface area (Å²) in [5, 5.41) is 6.14. The number of rotatable bonds is 7. The zero-order chi connectivity index (χ0) is 16.7. The first-order valence-electron chi connectivity index (χ1n) is 7.60. The van der Waals surface area contributed by atoms with E-state index in [9.17, 15) is 4.79 Å². The number of nitrogens with one attached hydrogen (secondary N) is 2. The molecule has 0 atom stereocenters. The second kappa shape index (κ2) is 8.58. The smallest absolute Gasteiger partial charge is 0.226 e. The van der Waals surface area contributed by atoms with Crippen LogP contribution in [-0.2, 0) is 4.79 Å². The van der Waals surface area contributed by atoms with Crippen LogP contribution in [0.1, 0.15) is 20.3 Å². The fourth-order valence-corrected chi connectivity index (χ4v) is 2.48. The van der Waals surface area contributed by atoms with Crippen molar-refractivity contribution in [1.82, 2.24) is 0 Å². The number of benzene rings is 2. The van der Waals surface area contributed by atoms with E-state index in [4.69, 9.17) is 4.74 Å². The van der Waals surface area contributed by atoms with Gasteiger partial charge >= 0.3 is 0 Å². The largest absolute Gasteiger partial charge is 0.489 e. The molecule has 23 heavy (non-hydrogen) atoms. The summed E-state index contributed by atoms with van der Waals surface area (Å²) < 4.78 is 6.68. The Kier molecular flexibility index (Phi) is 6.47. The standard InChI is InChI=1S/C18H21BrN2O2/c1-13(2)23-17-10-6-5-9-16(17)21-18(22)11-12-20-15-8-4-3-7-14(15)19/h3-10,13,20H,11-12H2,1-2H3,(H,21,22). The lowest BCUT2D eigenvalue weighted by atomic mass is 10.2. The van der Waals surface area contributed by atoms with Crippen LogP contribution < -0.4 is 15.4 Å². The first-order valence-corrected chi connectivity index (χ1v) is 8.39. The molecule has 1 amide bonds. The van der Waals surface area contributed by atoms with E-state index >= 15 is 0 Å². The predicted molar refractivity (Wildman–Crippen MR) is 98.1 cm³/mol. The van der Waals surface area contributed by atoms with Crippen molar-refractivity contribution in [2.24, 2.45) is 0 Å². The minimum absolute atomic E-state index is 0.0515. The van der Waals surface area contributed by atoms with E-state index in [1.165, 1.54) is 0 Å². The minimum atomic E-state index is -0.0515. The maximum atomic E-state index is 12.1. The number of carbonyl (C=O) groups excluding carboxylic acids is 1. The Morgan fingerprint density at radius 3 is 2.43 bits per heavy atom. The van der Waals surface area contributed by atoms with Gasteiger partial charge in [0.05, 0.1) is 11.8 Å². The van der Waals surface area contributed by atoms with Crippen LogP contribution in [-0.4, -0.2) is 18.6 Å². The zero-order valence-electron chi connectivity index (χ0n) is 13.3. The molecule has 2 rings (SSSR count). The summed E-state index contributed by atoms with van der Waals surface area (Å²) in [6.45, 7) is 4.47. The van der Waals surface area contributed by atoms with Gasteiger partial charge in [-0.15, -0.1) is 0 Å². The number of carbonyl (C=O) groups is 1. The molecular weight excluding hydrogens is 356 g/mol. The van der Waals surface area contributed by atoms with Crippen molar-refractivity contribution in [2.75, 3.05) is 17.2 Å². The van der Waals surface area contributed by atoms with Gasteiger partial charge < -0.3 is 15.4 Å². The van der Waals surface area contributed by atoms with Crippen LogP contribution in [0.2, 0.25) is 0 Å². The van der Waals surface area contributed by atoms with Crippen LogP contribution in [0.3, 0.4) is 0 Å².